The second-order valence-corrected chi connectivity index (χ2v) is 4.29. The van der Waals surface area contributed by atoms with E-state index in [0.29, 0.717) is 6.54 Å². The Kier molecular flexibility index (Phi) is 3.94. The zero-order valence-electron chi connectivity index (χ0n) is 10.3. The Morgan fingerprint density at radius 2 is 1.24 bits per heavy atom. The molecule has 0 unspecified atom stereocenters. The van der Waals surface area contributed by atoms with Crippen molar-refractivity contribution >= 4 is 0 Å². The van der Waals surface area contributed by atoms with Gasteiger partial charge in [-0.3, -0.25) is 0 Å². The molecule has 88 valence electrons. The smallest absolute Gasteiger partial charge is 0.00367 e. The highest BCUT2D eigenvalue weighted by Crippen LogP contribution is 2.20. The van der Waals surface area contributed by atoms with Gasteiger partial charge in [0, 0.05) is 0 Å². The van der Waals surface area contributed by atoms with Gasteiger partial charge < -0.3 is 5.73 Å². The second kappa shape index (κ2) is 5.65. The molecule has 0 aromatic heterocycles. The number of nitrogens with two attached hydrogens (primary N) is 1. The average molecular weight is 225 g/mol. The summed E-state index contributed by atoms with van der Waals surface area (Å²) in [5.41, 5.74) is 10.8. The third-order valence-electron chi connectivity index (χ3n) is 3.08. The molecule has 0 spiro atoms. The van der Waals surface area contributed by atoms with E-state index in [1.54, 1.807) is 0 Å². The van der Waals surface area contributed by atoms with E-state index in [4.69, 9.17) is 5.73 Å². The SMILES string of the molecule is CCc1ccc(-c2ccc(CCN)cc2)cc1. The van der Waals surface area contributed by atoms with Crippen molar-refractivity contribution in [3.63, 3.8) is 0 Å². The van der Waals surface area contributed by atoms with Crippen LogP contribution in [-0.4, -0.2) is 6.54 Å². The van der Waals surface area contributed by atoms with Gasteiger partial charge in [-0.15, -0.1) is 0 Å². The van der Waals surface area contributed by atoms with Crippen LogP contribution in [0.4, 0.5) is 0 Å². The summed E-state index contributed by atoms with van der Waals surface area (Å²) >= 11 is 0. The summed E-state index contributed by atoms with van der Waals surface area (Å²) in [6.45, 7) is 2.89. The van der Waals surface area contributed by atoms with E-state index in [1.165, 1.54) is 22.3 Å². The van der Waals surface area contributed by atoms with Crippen LogP contribution in [0.1, 0.15) is 18.1 Å². The molecular formula is C16H19N. The lowest BCUT2D eigenvalue weighted by Crippen LogP contribution is -2.02. The van der Waals surface area contributed by atoms with Crippen molar-refractivity contribution in [3.05, 3.63) is 59.7 Å². The lowest BCUT2D eigenvalue weighted by Gasteiger charge is -2.05. The lowest BCUT2D eigenvalue weighted by atomic mass is 10.0. The van der Waals surface area contributed by atoms with Crippen molar-refractivity contribution < 1.29 is 0 Å². The predicted octanol–water partition coefficient (Wildman–Crippen LogP) is 3.42. The molecular weight excluding hydrogens is 206 g/mol. The van der Waals surface area contributed by atoms with E-state index < -0.39 is 0 Å². The van der Waals surface area contributed by atoms with Gasteiger partial charge in [-0.2, -0.15) is 0 Å². The fourth-order valence-corrected chi connectivity index (χ4v) is 1.96. The summed E-state index contributed by atoms with van der Waals surface area (Å²) < 4.78 is 0. The first-order valence-corrected chi connectivity index (χ1v) is 6.22. The molecule has 0 aliphatic heterocycles. The fourth-order valence-electron chi connectivity index (χ4n) is 1.96. The third-order valence-corrected chi connectivity index (χ3v) is 3.08. The summed E-state index contributed by atoms with van der Waals surface area (Å²) in [5, 5.41) is 0. The van der Waals surface area contributed by atoms with E-state index in [1.807, 2.05) is 0 Å². The molecule has 1 nitrogen and oxygen atoms in total. The minimum Gasteiger partial charge on any atom is -0.330 e. The van der Waals surface area contributed by atoms with Gasteiger partial charge in [-0.1, -0.05) is 55.5 Å². The Hall–Kier alpha value is -1.60. The quantitative estimate of drug-likeness (QED) is 0.847. The van der Waals surface area contributed by atoms with Crippen molar-refractivity contribution in [2.75, 3.05) is 6.54 Å². The summed E-state index contributed by atoms with van der Waals surface area (Å²) in [5.74, 6) is 0. The molecule has 1 heteroatoms. The molecule has 0 saturated heterocycles. The number of aryl methyl sites for hydroxylation is 1. The molecule has 2 aromatic carbocycles. The molecule has 0 fully saturated rings. The monoisotopic (exact) mass is 225 g/mol. The number of hydrogen-bond donors (Lipinski definition) is 1. The standard InChI is InChI=1S/C16H19N/c1-2-13-3-7-15(8-4-13)16-9-5-14(6-10-16)11-12-17/h3-10H,2,11-12,17H2,1H3. The minimum absolute atomic E-state index is 0.713. The van der Waals surface area contributed by atoms with Crippen LogP contribution in [0.2, 0.25) is 0 Å². The Bertz CT molecular complexity index is 454. The highest BCUT2D eigenvalue weighted by atomic mass is 14.5. The first kappa shape index (κ1) is 11.9. The highest BCUT2D eigenvalue weighted by Gasteiger charge is 1.98. The van der Waals surface area contributed by atoms with Crippen LogP contribution in [-0.2, 0) is 12.8 Å². The maximum absolute atomic E-state index is 5.54. The van der Waals surface area contributed by atoms with E-state index in [9.17, 15) is 0 Å². The molecule has 2 N–H and O–H groups in total. The van der Waals surface area contributed by atoms with Crippen LogP contribution >= 0.6 is 0 Å². The normalized spacial score (nSPS) is 10.5. The van der Waals surface area contributed by atoms with Crippen LogP contribution in [0.3, 0.4) is 0 Å². The first-order valence-electron chi connectivity index (χ1n) is 6.22. The maximum atomic E-state index is 5.54. The van der Waals surface area contributed by atoms with Crippen molar-refractivity contribution in [1.82, 2.24) is 0 Å². The molecule has 0 heterocycles. The summed E-state index contributed by atoms with van der Waals surface area (Å²) in [7, 11) is 0. The molecule has 2 rings (SSSR count). The fraction of sp³-hybridized carbons (Fsp3) is 0.250. The zero-order chi connectivity index (χ0) is 12.1. The molecule has 17 heavy (non-hydrogen) atoms. The van der Waals surface area contributed by atoms with Gasteiger partial charge in [0.2, 0.25) is 0 Å². The van der Waals surface area contributed by atoms with E-state index in [0.717, 1.165) is 12.8 Å². The predicted molar refractivity (Wildman–Crippen MR) is 74.0 cm³/mol. The molecule has 0 radical (unpaired) electrons. The number of hydrogen-bond acceptors (Lipinski definition) is 1. The second-order valence-electron chi connectivity index (χ2n) is 4.29. The Balaban J connectivity index is 2.20. The van der Waals surface area contributed by atoms with E-state index >= 15 is 0 Å². The molecule has 0 bridgehead atoms. The van der Waals surface area contributed by atoms with E-state index in [-0.39, 0.29) is 0 Å². The van der Waals surface area contributed by atoms with Crippen LogP contribution < -0.4 is 5.73 Å². The zero-order valence-corrected chi connectivity index (χ0v) is 10.3. The molecule has 0 aliphatic carbocycles. The highest BCUT2D eigenvalue weighted by molar-refractivity contribution is 5.63. The van der Waals surface area contributed by atoms with Crippen LogP contribution in [0.15, 0.2) is 48.5 Å². The van der Waals surface area contributed by atoms with Crippen molar-refractivity contribution in [2.24, 2.45) is 5.73 Å². The Morgan fingerprint density at radius 1 is 0.765 bits per heavy atom. The van der Waals surface area contributed by atoms with Gasteiger partial charge in [-0.25, -0.2) is 0 Å². The van der Waals surface area contributed by atoms with Crippen molar-refractivity contribution in [2.45, 2.75) is 19.8 Å². The lowest BCUT2D eigenvalue weighted by molar-refractivity contribution is 0.969. The third kappa shape index (κ3) is 2.95. The topological polar surface area (TPSA) is 26.0 Å². The first-order chi connectivity index (χ1) is 8.33. The van der Waals surface area contributed by atoms with Crippen LogP contribution in [0.25, 0.3) is 11.1 Å². The van der Waals surface area contributed by atoms with Crippen LogP contribution in [0, 0.1) is 0 Å². The number of rotatable bonds is 4. The maximum Gasteiger partial charge on any atom is -0.00367 e. The minimum atomic E-state index is 0.713. The van der Waals surface area contributed by atoms with Crippen LogP contribution in [0.5, 0.6) is 0 Å². The molecule has 0 atom stereocenters. The van der Waals surface area contributed by atoms with Gasteiger partial charge >= 0.3 is 0 Å². The average Bonchev–Trinajstić information content (AvgIpc) is 2.40. The summed E-state index contributed by atoms with van der Waals surface area (Å²) in [4.78, 5) is 0. The summed E-state index contributed by atoms with van der Waals surface area (Å²) in [6, 6.07) is 17.4. The van der Waals surface area contributed by atoms with Crippen molar-refractivity contribution in [3.8, 4) is 11.1 Å². The van der Waals surface area contributed by atoms with E-state index in [2.05, 4.69) is 55.5 Å². The van der Waals surface area contributed by atoms with Gasteiger partial charge in [-0.05, 0) is 41.6 Å². The number of benzene rings is 2. The Labute approximate surface area is 103 Å². The van der Waals surface area contributed by atoms with Gasteiger partial charge in [0.15, 0.2) is 0 Å². The van der Waals surface area contributed by atoms with Gasteiger partial charge in [0.05, 0.1) is 0 Å². The summed E-state index contributed by atoms with van der Waals surface area (Å²) in [6.07, 6.45) is 2.05. The molecule has 0 saturated carbocycles. The Morgan fingerprint density at radius 3 is 1.65 bits per heavy atom. The van der Waals surface area contributed by atoms with Gasteiger partial charge in [0.25, 0.3) is 0 Å². The molecule has 0 amide bonds. The van der Waals surface area contributed by atoms with Crippen molar-refractivity contribution in [1.29, 1.82) is 0 Å². The van der Waals surface area contributed by atoms with Gasteiger partial charge in [0.1, 0.15) is 0 Å². The largest absolute Gasteiger partial charge is 0.330 e. The molecule has 2 aromatic rings. The molecule has 0 aliphatic rings.